The molecule has 1 heterocycles. The van der Waals surface area contributed by atoms with Gasteiger partial charge in [0.25, 0.3) is 0 Å². The zero-order valence-electron chi connectivity index (χ0n) is 5.34. The van der Waals surface area contributed by atoms with Gasteiger partial charge in [-0.25, -0.2) is 0 Å². The monoisotopic (exact) mass is 128 g/mol. The third kappa shape index (κ3) is 1.43. The summed E-state index contributed by atoms with van der Waals surface area (Å²) >= 11 is 0. The summed E-state index contributed by atoms with van der Waals surface area (Å²) in [5, 5.41) is 3.60. The maximum absolute atomic E-state index is 4.75. The van der Waals surface area contributed by atoms with E-state index in [0.29, 0.717) is 5.95 Å². The van der Waals surface area contributed by atoms with E-state index < -0.39 is 0 Å². The lowest BCUT2D eigenvalue weighted by atomic mass is 10.5. The highest BCUT2D eigenvalue weighted by Gasteiger charge is 1.97. The van der Waals surface area contributed by atoms with Crippen molar-refractivity contribution >= 4 is 0 Å². The fourth-order valence-corrected chi connectivity index (χ4v) is 0.489. The van der Waals surface area contributed by atoms with Crippen molar-refractivity contribution in [3.8, 4) is 5.95 Å². The summed E-state index contributed by atoms with van der Waals surface area (Å²) in [6.07, 6.45) is 0. The van der Waals surface area contributed by atoms with Crippen molar-refractivity contribution in [1.82, 2.24) is 10.6 Å². The van der Waals surface area contributed by atoms with Crippen LogP contribution in [0.2, 0.25) is 0 Å². The normalized spacial score (nSPS) is 9.56. The SMILES string of the molecule is CNOc1cc(C)no1. The third-order valence-electron chi connectivity index (χ3n) is 0.809. The fraction of sp³-hybridized carbons (Fsp3) is 0.400. The lowest BCUT2D eigenvalue weighted by molar-refractivity contribution is 0.151. The minimum absolute atomic E-state index is 0.384. The fourth-order valence-electron chi connectivity index (χ4n) is 0.489. The van der Waals surface area contributed by atoms with Crippen molar-refractivity contribution in [1.29, 1.82) is 0 Å². The number of hydrogen-bond acceptors (Lipinski definition) is 4. The average Bonchev–Trinajstić information content (AvgIpc) is 2.17. The van der Waals surface area contributed by atoms with Crippen molar-refractivity contribution in [2.75, 3.05) is 7.05 Å². The quantitative estimate of drug-likeness (QED) is 0.589. The smallest absolute Gasteiger partial charge is 0.330 e. The number of rotatable bonds is 2. The van der Waals surface area contributed by atoms with Crippen LogP contribution in [0.5, 0.6) is 5.95 Å². The van der Waals surface area contributed by atoms with E-state index in [9.17, 15) is 0 Å². The van der Waals surface area contributed by atoms with Crippen molar-refractivity contribution in [2.24, 2.45) is 0 Å². The molecule has 0 fully saturated rings. The summed E-state index contributed by atoms with van der Waals surface area (Å²) in [7, 11) is 1.65. The highest BCUT2D eigenvalue weighted by atomic mass is 16.7. The molecule has 1 N–H and O–H groups in total. The maximum Gasteiger partial charge on any atom is 0.330 e. The van der Waals surface area contributed by atoms with Gasteiger partial charge in [0.1, 0.15) is 0 Å². The molecule has 0 aromatic carbocycles. The van der Waals surface area contributed by atoms with Crippen LogP contribution in [0.4, 0.5) is 0 Å². The van der Waals surface area contributed by atoms with Gasteiger partial charge in [0.05, 0.1) is 5.69 Å². The third-order valence-corrected chi connectivity index (χ3v) is 0.809. The first-order valence-corrected chi connectivity index (χ1v) is 2.60. The molecule has 4 nitrogen and oxygen atoms in total. The summed E-state index contributed by atoms with van der Waals surface area (Å²) in [5.74, 6) is 0.384. The summed E-state index contributed by atoms with van der Waals surface area (Å²) in [5.41, 5.74) is 3.27. The number of nitrogens with one attached hydrogen (secondary N) is 1. The van der Waals surface area contributed by atoms with Crippen LogP contribution in [0, 0.1) is 6.92 Å². The molecule has 50 valence electrons. The molecule has 0 amide bonds. The van der Waals surface area contributed by atoms with Crippen molar-refractivity contribution in [3.05, 3.63) is 11.8 Å². The lowest BCUT2D eigenvalue weighted by Gasteiger charge is -1.91. The number of hydrogen-bond donors (Lipinski definition) is 1. The van der Waals surface area contributed by atoms with Gasteiger partial charge in [-0.3, -0.25) is 0 Å². The highest BCUT2D eigenvalue weighted by molar-refractivity contribution is 5.07. The second-order valence-corrected chi connectivity index (χ2v) is 1.59. The van der Waals surface area contributed by atoms with Gasteiger partial charge in [-0.05, 0) is 6.92 Å². The van der Waals surface area contributed by atoms with E-state index in [2.05, 4.69) is 15.2 Å². The zero-order valence-corrected chi connectivity index (χ0v) is 5.34. The predicted molar refractivity (Wildman–Crippen MR) is 30.9 cm³/mol. The van der Waals surface area contributed by atoms with Crippen LogP contribution < -0.4 is 10.3 Å². The summed E-state index contributed by atoms with van der Waals surface area (Å²) < 4.78 is 4.67. The van der Waals surface area contributed by atoms with E-state index in [0.717, 1.165) is 5.69 Å². The molecule has 1 aromatic rings. The predicted octanol–water partition coefficient (Wildman–Crippen LogP) is 0.496. The molecule has 0 bridgehead atoms. The largest absolute Gasteiger partial charge is 0.369 e. The number of aryl methyl sites for hydroxylation is 1. The summed E-state index contributed by atoms with van der Waals surface area (Å²) in [6.45, 7) is 1.83. The summed E-state index contributed by atoms with van der Waals surface area (Å²) in [4.78, 5) is 4.75. The van der Waals surface area contributed by atoms with Crippen LogP contribution in [-0.2, 0) is 0 Å². The van der Waals surface area contributed by atoms with Crippen LogP contribution >= 0.6 is 0 Å². The van der Waals surface area contributed by atoms with Gasteiger partial charge >= 0.3 is 5.95 Å². The van der Waals surface area contributed by atoms with Gasteiger partial charge in [0.15, 0.2) is 0 Å². The number of aromatic nitrogens is 1. The van der Waals surface area contributed by atoms with Gasteiger partial charge < -0.3 is 9.36 Å². The molecule has 0 spiro atoms. The van der Waals surface area contributed by atoms with Crippen LogP contribution in [0.1, 0.15) is 5.69 Å². The molecule has 4 heteroatoms. The Labute approximate surface area is 52.7 Å². The minimum atomic E-state index is 0.384. The Hall–Kier alpha value is -1.03. The average molecular weight is 128 g/mol. The van der Waals surface area contributed by atoms with Crippen molar-refractivity contribution < 1.29 is 9.36 Å². The van der Waals surface area contributed by atoms with Crippen molar-refractivity contribution in [2.45, 2.75) is 6.92 Å². The molecule has 0 atom stereocenters. The Morgan fingerprint density at radius 3 is 3.00 bits per heavy atom. The van der Waals surface area contributed by atoms with E-state index in [1.54, 1.807) is 13.1 Å². The molecule has 0 saturated carbocycles. The molecule has 9 heavy (non-hydrogen) atoms. The number of hydroxylamine groups is 1. The molecule has 1 rings (SSSR count). The Bertz CT molecular complexity index is 185. The van der Waals surface area contributed by atoms with E-state index in [4.69, 9.17) is 4.84 Å². The molecule has 0 aliphatic rings. The summed E-state index contributed by atoms with van der Waals surface area (Å²) in [6, 6.07) is 1.69. The van der Waals surface area contributed by atoms with Crippen molar-refractivity contribution in [3.63, 3.8) is 0 Å². The minimum Gasteiger partial charge on any atom is -0.369 e. The van der Waals surface area contributed by atoms with Gasteiger partial charge in [-0.1, -0.05) is 5.16 Å². The van der Waals surface area contributed by atoms with Crippen LogP contribution in [-0.4, -0.2) is 12.2 Å². The van der Waals surface area contributed by atoms with Crippen LogP contribution in [0.25, 0.3) is 0 Å². The Morgan fingerprint density at radius 1 is 1.78 bits per heavy atom. The Morgan fingerprint density at radius 2 is 2.56 bits per heavy atom. The lowest BCUT2D eigenvalue weighted by Crippen LogP contribution is -2.09. The zero-order chi connectivity index (χ0) is 6.69. The topological polar surface area (TPSA) is 47.3 Å². The molecule has 0 aliphatic heterocycles. The highest BCUT2D eigenvalue weighted by Crippen LogP contribution is 2.08. The first kappa shape index (κ1) is 6.10. The van der Waals surface area contributed by atoms with Gasteiger partial charge in [-0.2, -0.15) is 5.48 Å². The maximum atomic E-state index is 4.75. The molecular formula is C5H8N2O2. The van der Waals surface area contributed by atoms with E-state index >= 15 is 0 Å². The first-order valence-electron chi connectivity index (χ1n) is 2.60. The van der Waals surface area contributed by atoms with Crippen LogP contribution in [0.15, 0.2) is 10.6 Å². The van der Waals surface area contributed by atoms with E-state index in [-0.39, 0.29) is 0 Å². The van der Waals surface area contributed by atoms with E-state index in [1.807, 2.05) is 6.92 Å². The Kier molecular flexibility index (Phi) is 1.69. The molecular weight excluding hydrogens is 120 g/mol. The number of nitrogens with zero attached hydrogens (tertiary/aromatic N) is 1. The second-order valence-electron chi connectivity index (χ2n) is 1.59. The van der Waals surface area contributed by atoms with Gasteiger partial charge in [0, 0.05) is 13.1 Å². The second kappa shape index (κ2) is 2.50. The van der Waals surface area contributed by atoms with Gasteiger partial charge in [-0.15, -0.1) is 0 Å². The molecule has 0 aliphatic carbocycles. The Balaban J connectivity index is 2.61. The standard InChI is InChI=1S/C5H8N2O2/c1-4-3-5(8-6-2)9-7-4/h3,6H,1-2H3. The van der Waals surface area contributed by atoms with Crippen LogP contribution in [0.3, 0.4) is 0 Å². The molecule has 0 saturated heterocycles. The first-order chi connectivity index (χ1) is 4.33. The molecule has 1 aromatic heterocycles. The molecule has 0 radical (unpaired) electrons. The van der Waals surface area contributed by atoms with E-state index in [1.165, 1.54) is 0 Å². The van der Waals surface area contributed by atoms with Gasteiger partial charge in [0.2, 0.25) is 0 Å². The molecule has 0 unspecified atom stereocenters.